The van der Waals surface area contributed by atoms with Gasteiger partial charge in [-0.2, -0.15) is 0 Å². The van der Waals surface area contributed by atoms with Crippen molar-refractivity contribution in [2.45, 2.75) is 12.8 Å². The van der Waals surface area contributed by atoms with Crippen molar-refractivity contribution in [3.8, 4) is 10.4 Å². The van der Waals surface area contributed by atoms with Gasteiger partial charge in [-0.3, -0.25) is 9.59 Å². The van der Waals surface area contributed by atoms with E-state index >= 15 is 0 Å². The highest BCUT2D eigenvalue weighted by molar-refractivity contribution is 7.13. The maximum Gasteiger partial charge on any atom is 0.227 e. The molecule has 2 aromatic carbocycles. The maximum absolute atomic E-state index is 13.1. The van der Waals surface area contributed by atoms with Gasteiger partial charge in [-0.15, -0.1) is 11.3 Å². The van der Waals surface area contributed by atoms with Gasteiger partial charge in [-0.05, 0) is 34.6 Å². The standard InChI is InChI=1S/C25H26N2O2S/c1-26-13-14-27(24(28)16-19-8-3-2-4-9-19)18-21(25(26)29)17-20-10-5-6-11-22(20)23-12-7-15-30-23/h2-12,15,21H,13-14,16-18H2,1H3/t21-/m1/s1. The summed E-state index contributed by atoms with van der Waals surface area (Å²) in [6.45, 7) is 1.62. The van der Waals surface area contributed by atoms with Crippen LogP contribution in [-0.2, 0) is 22.4 Å². The number of carbonyl (C=O) groups is 2. The van der Waals surface area contributed by atoms with Gasteiger partial charge in [-0.25, -0.2) is 0 Å². The largest absolute Gasteiger partial charge is 0.344 e. The number of nitrogens with zero attached hydrogens (tertiary/aromatic N) is 2. The van der Waals surface area contributed by atoms with Gasteiger partial charge in [0.2, 0.25) is 11.8 Å². The predicted octanol–water partition coefficient (Wildman–Crippen LogP) is 4.12. The Kier molecular flexibility index (Phi) is 6.29. The van der Waals surface area contributed by atoms with Gasteiger partial charge in [-0.1, -0.05) is 60.7 Å². The van der Waals surface area contributed by atoms with E-state index in [4.69, 9.17) is 0 Å². The number of rotatable bonds is 5. The number of hydrogen-bond donors (Lipinski definition) is 0. The van der Waals surface area contributed by atoms with Crippen molar-refractivity contribution in [2.75, 3.05) is 26.7 Å². The summed E-state index contributed by atoms with van der Waals surface area (Å²) in [6, 6.07) is 22.2. The molecule has 0 N–H and O–H groups in total. The summed E-state index contributed by atoms with van der Waals surface area (Å²) in [5.74, 6) is -0.0369. The molecule has 2 heterocycles. The number of hydrogen-bond acceptors (Lipinski definition) is 3. The van der Waals surface area contributed by atoms with Crippen molar-refractivity contribution < 1.29 is 9.59 Å². The van der Waals surface area contributed by atoms with Gasteiger partial charge in [0.25, 0.3) is 0 Å². The predicted molar refractivity (Wildman–Crippen MR) is 121 cm³/mol. The zero-order chi connectivity index (χ0) is 20.9. The van der Waals surface area contributed by atoms with Crippen LogP contribution >= 0.6 is 11.3 Å². The molecule has 154 valence electrons. The molecule has 5 heteroatoms. The van der Waals surface area contributed by atoms with Crippen LogP contribution in [0.2, 0.25) is 0 Å². The summed E-state index contributed by atoms with van der Waals surface area (Å²) in [4.78, 5) is 30.9. The van der Waals surface area contributed by atoms with E-state index < -0.39 is 0 Å². The molecule has 1 fully saturated rings. The number of carbonyl (C=O) groups excluding carboxylic acids is 2. The fourth-order valence-corrected chi connectivity index (χ4v) is 4.81. The lowest BCUT2D eigenvalue weighted by atomic mass is 9.93. The van der Waals surface area contributed by atoms with Crippen LogP contribution in [0, 0.1) is 5.92 Å². The van der Waals surface area contributed by atoms with Crippen LogP contribution < -0.4 is 0 Å². The molecule has 0 aliphatic carbocycles. The van der Waals surface area contributed by atoms with Crippen molar-refractivity contribution in [1.29, 1.82) is 0 Å². The Morgan fingerprint density at radius 1 is 1.00 bits per heavy atom. The van der Waals surface area contributed by atoms with Gasteiger partial charge in [0.1, 0.15) is 0 Å². The highest BCUT2D eigenvalue weighted by Crippen LogP contribution is 2.30. The number of benzene rings is 2. The molecule has 0 spiro atoms. The second-order valence-corrected chi connectivity index (χ2v) is 8.75. The van der Waals surface area contributed by atoms with Crippen LogP contribution in [0.1, 0.15) is 11.1 Å². The Bertz CT molecular complexity index is 1000. The first-order chi connectivity index (χ1) is 14.6. The summed E-state index contributed by atoms with van der Waals surface area (Å²) >= 11 is 1.70. The summed E-state index contributed by atoms with van der Waals surface area (Å²) in [5, 5.41) is 2.07. The van der Waals surface area contributed by atoms with E-state index in [1.165, 1.54) is 10.4 Å². The van der Waals surface area contributed by atoms with E-state index in [9.17, 15) is 9.59 Å². The van der Waals surface area contributed by atoms with Gasteiger partial charge in [0.05, 0.1) is 12.3 Å². The lowest BCUT2D eigenvalue weighted by molar-refractivity contribution is -0.133. The molecule has 4 rings (SSSR count). The quantitative estimate of drug-likeness (QED) is 0.625. The number of likely N-dealkylation sites (N-methyl/N-ethyl adjacent to an activating group) is 1. The monoisotopic (exact) mass is 418 g/mol. The first kappa shape index (κ1) is 20.4. The van der Waals surface area contributed by atoms with E-state index in [2.05, 4.69) is 23.6 Å². The average molecular weight is 419 g/mol. The zero-order valence-electron chi connectivity index (χ0n) is 17.2. The van der Waals surface area contributed by atoms with Crippen molar-refractivity contribution >= 4 is 23.2 Å². The summed E-state index contributed by atoms with van der Waals surface area (Å²) in [6.07, 6.45) is 1.00. The third-order valence-electron chi connectivity index (χ3n) is 5.69. The van der Waals surface area contributed by atoms with Gasteiger partial charge < -0.3 is 9.80 Å². The van der Waals surface area contributed by atoms with E-state index in [1.54, 1.807) is 16.2 Å². The Labute approximate surface area is 181 Å². The fraction of sp³-hybridized carbons (Fsp3) is 0.280. The first-order valence-corrected chi connectivity index (χ1v) is 11.2. The molecule has 0 bridgehead atoms. The highest BCUT2D eigenvalue weighted by Gasteiger charge is 2.31. The molecule has 1 aliphatic rings. The maximum atomic E-state index is 13.1. The molecule has 1 saturated heterocycles. The second kappa shape index (κ2) is 9.26. The topological polar surface area (TPSA) is 40.6 Å². The Hall–Kier alpha value is -2.92. The van der Waals surface area contributed by atoms with Gasteiger partial charge in [0.15, 0.2) is 0 Å². The van der Waals surface area contributed by atoms with Crippen LogP contribution in [0.4, 0.5) is 0 Å². The molecular weight excluding hydrogens is 392 g/mol. The summed E-state index contributed by atoms with van der Waals surface area (Å²) in [7, 11) is 1.84. The average Bonchev–Trinajstić information content (AvgIpc) is 3.26. The molecule has 1 aliphatic heterocycles. The van der Waals surface area contributed by atoms with Crippen LogP contribution in [0.25, 0.3) is 10.4 Å². The van der Waals surface area contributed by atoms with Crippen LogP contribution in [0.5, 0.6) is 0 Å². The minimum atomic E-state index is -0.238. The third-order valence-corrected chi connectivity index (χ3v) is 6.60. The molecule has 4 nitrogen and oxygen atoms in total. The second-order valence-electron chi connectivity index (χ2n) is 7.80. The highest BCUT2D eigenvalue weighted by atomic mass is 32.1. The lowest BCUT2D eigenvalue weighted by Crippen LogP contribution is -2.38. The van der Waals surface area contributed by atoms with E-state index in [0.717, 1.165) is 11.1 Å². The van der Waals surface area contributed by atoms with E-state index in [-0.39, 0.29) is 17.7 Å². The SMILES string of the molecule is CN1CCN(C(=O)Cc2ccccc2)C[C@@H](Cc2ccccc2-c2cccs2)C1=O. The molecule has 30 heavy (non-hydrogen) atoms. The first-order valence-electron chi connectivity index (χ1n) is 10.3. The smallest absolute Gasteiger partial charge is 0.227 e. The van der Waals surface area contributed by atoms with Gasteiger partial charge >= 0.3 is 0 Å². The number of thiophene rings is 1. The molecule has 0 radical (unpaired) electrons. The molecule has 2 amide bonds. The third kappa shape index (κ3) is 4.62. The normalized spacial score (nSPS) is 17.1. The Balaban J connectivity index is 1.54. The van der Waals surface area contributed by atoms with Crippen LogP contribution in [0.15, 0.2) is 72.1 Å². The molecular formula is C25H26N2O2S. The van der Waals surface area contributed by atoms with Crippen LogP contribution in [0.3, 0.4) is 0 Å². The zero-order valence-corrected chi connectivity index (χ0v) is 18.0. The minimum Gasteiger partial charge on any atom is -0.344 e. The van der Waals surface area contributed by atoms with Crippen LogP contribution in [-0.4, -0.2) is 48.3 Å². The molecule has 3 aromatic rings. The van der Waals surface area contributed by atoms with Crippen molar-refractivity contribution in [3.05, 3.63) is 83.2 Å². The fourth-order valence-electron chi connectivity index (χ4n) is 4.02. The van der Waals surface area contributed by atoms with Crippen molar-refractivity contribution in [3.63, 3.8) is 0 Å². The molecule has 1 atom stereocenters. The lowest BCUT2D eigenvalue weighted by Gasteiger charge is -2.24. The summed E-state index contributed by atoms with van der Waals surface area (Å²) in [5.41, 5.74) is 3.34. The molecule has 0 unspecified atom stereocenters. The Morgan fingerprint density at radius 3 is 2.53 bits per heavy atom. The van der Waals surface area contributed by atoms with Crippen molar-refractivity contribution in [2.24, 2.45) is 5.92 Å². The van der Waals surface area contributed by atoms with E-state index in [1.807, 2.05) is 60.5 Å². The Morgan fingerprint density at radius 2 is 1.77 bits per heavy atom. The summed E-state index contributed by atoms with van der Waals surface area (Å²) < 4.78 is 0. The van der Waals surface area contributed by atoms with Gasteiger partial charge in [0, 0.05) is 31.6 Å². The number of amides is 2. The van der Waals surface area contributed by atoms with Crippen molar-refractivity contribution in [1.82, 2.24) is 9.80 Å². The molecule has 1 aromatic heterocycles. The van der Waals surface area contributed by atoms with E-state index in [0.29, 0.717) is 32.5 Å². The molecule has 0 saturated carbocycles. The minimum absolute atomic E-state index is 0.0841.